The lowest BCUT2D eigenvalue weighted by Gasteiger charge is -2.36. The molecule has 150 valence electrons. The molecule has 0 amide bonds. The van der Waals surface area contributed by atoms with Crippen LogP contribution in [0.1, 0.15) is 49.8 Å². The Morgan fingerprint density at radius 1 is 1.04 bits per heavy atom. The number of anilines is 1. The molecule has 28 heavy (non-hydrogen) atoms. The van der Waals surface area contributed by atoms with Crippen LogP contribution in [0.3, 0.4) is 0 Å². The topological polar surface area (TPSA) is 40.6 Å². The highest BCUT2D eigenvalue weighted by atomic mass is 32.2. The van der Waals surface area contributed by atoms with Crippen molar-refractivity contribution in [3.05, 3.63) is 59.2 Å². The van der Waals surface area contributed by atoms with Crippen LogP contribution in [0.4, 0.5) is 5.69 Å². The van der Waals surface area contributed by atoms with E-state index in [1.807, 2.05) is 24.3 Å². The third-order valence-electron chi connectivity index (χ3n) is 6.18. The zero-order chi connectivity index (χ0) is 20.3. The van der Waals surface area contributed by atoms with Gasteiger partial charge in [0.2, 0.25) is 0 Å². The molecule has 2 aliphatic rings. The first-order chi connectivity index (χ1) is 13.1. The Labute approximate surface area is 169 Å². The van der Waals surface area contributed by atoms with Crippen LogP contribution in [0.2, 0.25) is 0 Å². The van der Waals surface area contributed by atoms with Gasteiger partial charge in [-0.1, -0.05) is 50.6 Å². The predicted octanol–water partition coefficient (Wildman–Crippen LogP) is 4.29. The SMILES string of the molecule is Cc1ccc2c(c1)C1CN(C)CCC1N2S(=O)(=O)c1ccc(C(C)(C)C)cc1. The Balaban J connectivity index is 1.79. The molecular formula is C23H30N2O2S. The molecule has 0 aromatic heterocycles. The number of likely N-dealkylation sites (tertiary alicyclic amines) is 1. The Morgan fingerprint density at radius 3 is 2.36 bits per heavy atom. The number of nitrogens with zero attached hydrogens (tertiary/aromatic N) is 2. The van der Waals surface area contributed by atoms with Crippen LogP contribution < -0.4 is 4.31 Å². The molecule has 2 aromatic carbocycles. The highest BCUT2D eigenvalue weighted by molar-refractivity contribution is 7.92. The number of aryl methyl sites for hydroxylation is 1. The fourth-order valence-electron chi connectivity index (χ4n) is 4.59. The van der Waals surface area contributed by atoms with Crippen molar-refractivity contribution in [2.75, 3.05) is 24.4 Å². The van der Waals surface area contributed by atoms with Gasteiger partial charge >= 0.3 is 0 Å². The number of fused-ring (bicyclic) bond motifs is 3. The van der Waals surface area contributed by atoms with Crippen molar-refractivity contribution in [3.8, 4) is 0 Å². The maximum absolute atomic E-state index is 13.7. The van der Waals surface area contributed by atoms with E-state index in [-0.39, 0.29) is 17.4 Å². The largest absolute Gasteiger partial charge is 0.306 e. The number of hydrogen-bond acceptors (Lipinski definition) is 3. The highest BCUT2D eigenvalue weighted by Gasteiger charge is 2.46. The number of sulfonamides is 1. The molecule has 4 nitrogen and oxygen atoms in total. The fraction of sp³-hybridized carbons (Fsp3) is 0.478. The minimum absolute atomic E-state index is 0.000271. The van der Waals surface area contributed by atoms with Crippen molar-refractivity contribution in [1.29, 1.82) is 0 Å². The van der Waals surface area contributed by atoms with E-state index in [0.29, 0.717) is 4.90 Å². The van der Waals surface area contributed by atoms with E-state index in [9.17, 15) is 8.42 Å². The number of piperidine rings is 1. The molecule has 2 heterocycles. The average molecular weight is 399 g/mol. The minimum Gasteiger partial charge on any atom is -0.306 e. The zero-order valence-electron chi connectivity index (χ0n) is 17.4. The van der Waals surface area contributed by atoms with E-state index in [4.69, 9.17) is 0 Å². The van der Waals surface area contributed by atoms with Gasteiger partial charge in [-0.05, 0) is 61.7 Å². The van der Waals surface area contributed by atoms with E-state index >= 15 is 0 Å². The van der Waals surface area contributed by atoms with Crippen LogP contribution in [0.25, 0.3) is 0 Å². The number of hydrogen-bond donors (Lipinski definition) is 0. The van der Waals surface area contributed by atoms with Crippen molar-refractivity contribution in [2.24, 2.45) is 0 Å². The lowest BCUT2D eigenvalue weighted by molar-refractivity contribution is 0.237. The average Bonchev–Trinajstić information content (AvgIpc) is 2.95. The lowest BCUT2D eigenvalue weighted by atomic mass is 9.87. The molecule has 0 aliphatic carbocycles. The normalized spacial score (nSPS) is 22.8. The summed E-state index contributed by atoms with van der Waals surface area (Å²) in [5.74, 6) is 0.234. The molecule has 0 saturated carbocycles. The molecule has 4 rings (SSSR count). The Hall–Kier alpha value is -1.85. The minimum atomic E-state index is -3.60. The molecule has 2 aliphatic heterocycles. The standard InChI is InChI=1S/C23H30N2O2S/c1-16-6-11-21-19(14-16)20-15-24(5)13-12-22(20)25(21)28(26,27)18-9-7-17(8-10-18)23(2,3)4/h6-11,14,20,22H,12-13,15H2,1-5H3. The molecule has 2 aromatic rings. The van der Waals surface area contributed by atoms with Gasteiger partial charge in [-0.25, -0.2) is 8.42 Å². The van der Waals surface area contributed by atoms with Gasteiger partial charge in [-0.3, -0.25) is 4.31 Å². The summed E-state index contributed by atoms with van der Waals surface area (Å²) in [6, 6.07) is 13.6. The van der Waals surface area contributed by atoms with Crippen LogP contribution in [0.15, 0.2) is 47.4 Å². The third kappa shape index (κ3) is 3.15. The van der Waals surface area contributed by atoms with Gasteiger partial charge in [0.1, 0.15) is 0 Å². The van der Waals surface area contributed by atoms with Gasteiger partial charge < -0.3 is 4.90 Å². The van der Waals surface area contributed by atoms with Crippen molar-refractivity contribution in [1.82, 2.24) is 4.90 Å². The van der Waals surface area contributed by atoms with Gasteiger partial charge in [-0.2, -0.15) is 0 Å². The fourth-order valence-corrected chi connectivity index (χ4v) is 6.33. The zero-order valence-corrected chi connectivity index (χ0v) is 18.3. The quantitative estimate of drug-likeness (QED) is 0.758. The molecule has 0 N–H and O–H groups in total. The van der Waals surface area contributed by atoms with Gasteiger partial charge in [0.05, 0.1) is 16.6 Å². The first-order valence-corrected chi connectivity index (χ1v) is 11.5. The summed E-state index contributed by atoms with van der Waals surface area (Å²) < 4.78 is 29.1. The molecule has 1 fully saturated rings. The summed E-state index contributed by atoms with van der Waals surface area (Å²) in [5.41, 5.74) is 4.35. The van der Waals surface area contributed by atoms with Gasteiger partial charge in [0.15, 0.2) is 0 Å². The van der Waals surface area contributed by atoms with Crippen molar-refractivity contribution in [3.63, 3.8) is 0 Å². The highest BCUT2D eigenvalue weighted by Crippen LogP contribution is 2.47. The molecule has 0 spiro atoms. The van der Waals surface area contributed by atoms with Gasteiger partial charge in [-0.15, -0.1) is 0 Å². The van der Waals surface area contributed by atoms with E-state index in [1.54, 1.807) is 16.4 Å². The predicted molar refractivity (Wildman–Crippen MR) is 115 cm³/mol. The monoisotopic (exact) mass is 398 g/mol. The van der Waals surface area contributed by atoms with Crippen LogP contribution >= 0.6 is 0 Å². The molecule has 0 radical (unpaired) electrons. The van der Waals surface area contributed by atoms with Gasteiger partial charge in [0, 0.05) is 12.5 Å². The molecule has 0 bridgehead atoms. The Morgan fingerprint density at radius 2 is 1.71 bits per heavy atom. The second-order valence-corrected chi connectivity index (χ2v) is 11.2. The van der Waals surface area contributed by atoms with E-state index in [1.165, 1.54) is 11.1 Å². The molecular weight excluding hydrogens is 368 g/mol. The van der Waals surface area contributed by atoms with Crippen molar-refractivity contribution >= 4 is 15.7 Å². The van der Waals surface area contributed by atoms with Crippen LogP contribution in [-0.2, 0) is 15.4 Å². The van der Waals surface area contributed by atoms with Crippen LogP contribution in [0, 0.1) is 6.92 Å². The molecule has 5 heteroatoms. The third-order valence-corrected chi connectivity index (χ3v) is 8.03. The summed E-state index contributed by atoms with van der Waals surface area (Å²) in [4.78, 5) is 2.69. The molecule has 1 saturated heterocycles. The second-order valence-electron chi connectivity index (χ2n) is 9.36. The summed E-state index contributed by atoms with van der Waals surface area (Å²) in [5, 5.41) is 0. The van der Waals surface area contributed by atoms with E-state index in [0.717, 1.165) is 30.8 Å². The molecule has 2 atom stereocenters. The number of rotatable bonds is 2. The summed E-state index contributed by atoms with van der Waals surface area (Å²) >= 11 is 0. The first-order valence-electron chi connectivity index (χ1n) is 10.0. The van der Waals surface area contributed by atoms with Crippen molar-refractivity contribution in [2.45, 2.75) is 56.4 Å². The maximum Gasteiger partial charge on any atom is 0.264 e. The summed E-state index contributed by atoms with van der Waals surface area (Å²) in [6.07, 6.45) is 0.855. The van der Waals surface area contributed by atoms with E-state index < -0.39 is 10.0 Å². The number of benzene rings is 2. The summed E-state index contributed by atoms with van der Waals surface area (Å²) in [6.45, 7) is 10.3. The lowest BCUT2D eigenvalue weighted by Crippen LogP contribution is -2.47. The number of likely N-dealkylation sites (N-methyl/N-ethyl adjacent to an activating group) is 1. The Bertz CT molecular complexity index is 990. The first kappa shape index (κ1) is 19.5. The molecule has 2 unspecified atom stereocenters. The second kappa shape index (κ2) is 6.60. The van der Waals surface area contributed by atoms with Gasteiger partial charge in [0.25, 0.3) is 10.0 Å². The maximum atomic E-state index is 13.7. The smallest absolute Gasteiger partial charge is 0.264 e. The van der Waals surface area contributed by atoms with Crippen molar-refractivity contribution < 1.29 is 8.42 Å². The van der Waals surface area contributed by atoms with Crippen LogP contribution in [0.5, 0.6) is 0 Å². The van der Waals surface area contributed by atoms with Crippen LogP contribution in [-0.4, -0.2) is 39.5 Å². The Kier molecular flexibility index (Phi) is 4.59. The summed E-state index contributed by atoms with van der Waals surface area (Å²) in [7, 11) is -1.48. The van der Waals surface area contributed by atoms with E-state index in [2.05, 4.69) is 45.7 Å².